The lowest BCUT2D eigenvalue weighted by Gasteiger charge is -2.42. The SMILES string of the molecule is Cc1ccc([C@H]2[C@H](O)[C@H](O)[C@H](O)C[SH]2C)cc1Cc1ccc(CCCCCCC(=O)NC(CO)(CO)CO)cc1. The van der Waals surface area contributed by atoms with E-state index in [4.69, 9.17) is 0 Å². The Labute approximate surface area is 240 Å². The van der Waals surface area contributed by atoms with E-state index >= 15 is 0 Å². The first-order chi connectivity index (χ1) is 19.1. The number of hydrogen-bond acceptors (Lipinski definition) is 7. The average molecular weight is 578 g/mol. The van der Waals surface area contributed by atoms with Gasteiger partial charge >= 0.3 is 0 Å². The maximum absolute atomic E-state index is 12.1. The van der Waals surface area contributed by atoms with E-state index in [2.05, 4.69) is 54.9 Å². The molecule has 1 unspecified atom stereocenters. The highest BCUT2D eigenvalue weighted by Crippen LogP contribution is 2.48. The van der Waals surface area contributed by atoms with E-state index in [9.17, 15) is 35.4 Å². The Morgan fingerprint density at radius 3 is 2.17 bits per heavy atom. The molecule has 9 heteroatoms. The second-order valence-electron chi connectivity index (χ2n) is 11.3. The first kappa shape index (κ1) is 32.5. The third-order valence-corrected chi connectivity index (χ3v) is 10.6. The molecule has 2 aromatic carbocycles. The zero-order valence-corrected chi connectivity index (χ0v) is 24.6. The van der Waals surface area contributed by atoms with E-state index in [1.54, 1.807) is 0 Å². The number of carbonyl (C=O) groups is 1. The third kappa shape index (κ3) is 8.52. The van der Waals surface area contributed by atoms with Crippen molar-refractivity contribution in [3.05, 3.63) is 70.3 Å². The van der Waals surface area contributed by atoms with Gasteiger partial charge in [-0.05, 0) is 66.7 Å². The molecule has 40 heavy (non-hydrogen) atoms. The lowest BCUT2D eigenvalue weighted by atomic mass is 9.93. The molecule has 0 bridgehead atoms. The van der Waals surface area contributed by atoms with Crippen molar-refractivity contribution in [1.29, 1.82) is 0 Å². The number of hydrogen-bond donors (Lipinski definition) is 8. The number of carbonyl (C=O) groups excluding carboxylic acids is 1. The smallest absolute Gasteiger partial charge is 0.220 e. The van der Waals surface area contributed by atoms with Crippen LogP contribution >= 0.6 is 10.9 Å². The number of aliphatic hydroxyl groups excluding tert-OH is 6. The van der Waals surface area contributed by atoms with Gasteiger partial charge in [-0.15, -0.1) is 0 Å². The quantitative estimate of drug-likeness (QED) is 0.126. The number of benzene rings is 2. The van der Waals surface area contributed by atoms with Crippen molar-refractivity contribution in [3.8, 4) is 0 Å². The molecule has 1 aliphatic heterocycles. The maximum Gasteiger partial charge on any atom is 0.220 e. The molecule has 8 nitrogen and oxygen atoms in total. The second-order valence-corrected chi connectivity index (χ2v) is 13.8. The van der Waals surface area contributed by atoms with E-state index in [-0.39, 0.29) is 11.2 Å². The highest BCUT2D eigenvalue weighted by Gasteiger charge is 2.40. The van der Waals surface area contributed by atoms with Crippen molar-refractivity contribution < 1.29 is 35.4 Å². The van der Waals surface area contributed by atoms with Gasteiger partial charge in [-0.2, -0.15) is 0 Å². The van der Waals surface area contributed by atoms with Crippen LogP contribution in [0.3, 0.4) is 0 Å². The molecule has 1 saturated heterocycles. The van der Waals surface area contributed by atoms with Gasteiger partial charge in [0.25, 0.3) is 0 Å². The molecule has 3 rings (SSSR count). The minimum atomic E-state index is -1.37. The molecule has 5 atom stereocenters. The molecule has 1 aliphatic rings. The van der Waals surface area contributed by atoms with Crippen LogP contribution in [0.2, 0.25) is 0 Å². The van der Waals surface area contributed by atoms with Crippen LogP contribution in [-0.4, -0.2) is 92.2 Å². The fourth-order valence-corrected chi connectivity index (χ4v) is 7.75. The van der Waals surface area contributed by atoms with Crippen LogP contribution in [0, 0.1) is 6.92 Å². The highest BCUT2D eigenvalue weighted by molar-refractivity contribution is 8.16. The molecular weight excluding hydrogens is 530 g/mol. The van der Waals surface area contributed by atoms with Gasteiger partial charge in [0.05, 0.1) is 32.0 Å². The van der Waals surface area contributed by atoms with E-state index in [0.717, 1.165) is 37.7 Å². The molecule has 7 N–H and O–H groups in total. The summed E-state index contributed by atoms with van der Waals surface area (Å²) in [5, 5.41) is 61.3. The van der Waals surface area contributed by atoms with Crippen molar-refractivity contribution >= 4 is 16.8 Å². The van der Waals surface area contributed by atoms with Crippen molar-refractivity contribution in [3.63, 3.8) is 0 Å². The Hall–Kier alpha value is -1.98. The molecule has 0 saturated carbocycles. The van der Waals surface area contributed by atoms with Crippen molar-refractivity contribution in [2.75, 3.05) is 31.8 Å². The maximum atomic E-state index is 12.1. The molecule has 1 fully saturated rings. The van der Waals surface area contributed by atoms with Crippen LogP contribution in [0.5, 0.6) is 0 Å². The number of aliphatic hydroxyl groups is 6. The molecule has 0 spiro atoms. The number of amides is 1. The van der Waals surface area contributed by atoms with Crippen LogP contribution in [0.1, 0.15) is 65.2 Å². The van der Waals surface area contributed by atoms with Gasteiger partial charge in [-0.25, -0.2) is 10.9 Å². The molecule has 1 amide bonds. The first-order valence-electron chi connectivity index (χ1n) is 14.2. The summed E-state index contributed by atoms with van der Waals surface area (Å²) in [6.45, 7) is 0.539. The summed E-state index contributed by atoms with van der Waals surface area (Å²) in [5.41, 5.74) is 4.51. The van der Waals surface area contributed by atoms with Gasteiger partial charge in [0, 0.05) is 17.4 Å². The minimum Gasteiger partial charge on any atom is -0.394 e. The van der Waals surface area contributed by atoms with Crippen LogP contribution in [0.15, 0.2) is 42.5 Å². The standard InChI is InChI=1S/C31H47NO7S/c1-21-9-14-24(30-29(39)28(38)26(36)17-40(30)2)16-25(21)15-23-12-10-22(11-13-23)7-5-3-4-6-8-27(37)32-31(18-33,19-34)20-35/h9-14,16,26,28-30,33-36,38-40H,3-8,15,17-20H2,1-2H3,(H,32,37)/t26-,28-,29-,30+/m1/s1. The molecule has 0 radical (unpaired) electrons. The lowest BCUT2D eigenvalue weighted by Crippen LogP contribution is -2.57. The molecule has 0 aliphatic carbocycles. The largest absolute Gasteiger partial charge is 0.394 e. The number of thiol groups is 1. The van der Waals surface area contributed by atoms with E-state index < -0.39 is 54.6 Å². The summed E-state index contributed by atoms with van der Waals surface area (Å²) < 4.78 is 0. The van der Waals surface area contributed by atoms with E-state index in [1.165, 1.54) is 22.3 Å². The predicted molar refractivity (Wildman–Crippen MR) is 160 cm³/mol. The molecular formula is C31H47NO7S. The zero-order valence-electron chi connectivity index (χ0n) is 23.7. The Kier molecular flexibility index (Phi) is 12.4. The minimum absolute atomic E-state index is 0.153. The molecule has 2 aromatic rings. The van der Waals surface area contributed by atoms with Crippen LogP contribution < -0.4 is 5.32 Å². The Morgan fingerprint density at radius 1 is 0.900 bits per heavy atom. The van der Waals surface area contributed by atoms with Crippen molar-refractivity contribution in [1.82, 2.24) is 5.32 Å². The summed E-state index contributed by atoms with van der Waals surface area (Å²) in [6.07, 6.45) is 4.77. The second kappa shape index (κ2) is 15.3. The van der Waals surface area contributed by atoms with Crippen molar-refractivity contribution in [2.24, 2.45) is 0 Å². The van der Waals surface area contributed by atoms with Gasteiger partial charge in [-0.3, -0.25) is 4.79 Å². The number of aryl methyl sites for hydroxylation is 2. The third-order valence-electron chi connectivity index (χ3n) is 8.08. The van der Waals surface area contributed by atoms with Crippen LogP contribution in [0.4, 0.5) is 0 Å². The summed E-state index contributed by atoms with van der Waals surface area (Å²) in [5.74, 6) is 0.244. The highest BCUT2D eigenvalue weighted by atomic mass is 32.2. The van der Waals surface area contributed by atoms with Gasteiger partial charge in [0.2, 0.25) is 5.91 Å². The number of rotatable bonds is 14. The van der Waals surface area contributed by atoms with Crippen LogP contribution in [-0.2, 0) is 17.6 Å². The summed E-state index contributed by atoms with van der Waals surface area (Å²) >= 11 is 0. The zero-order chi connectivity index (χ0) is 29.3. The van der Waals surface area contributed by atoms with Gasteiger partial charge in [-0.1, -0.05) is 55.3 Å². The van der Waals surface area contributed by atoms with Gasteiger partial charge in [0.15, 0.2) is 0 Å². The normalized spacial score (nSPS) is 24.1. The van der Waals surface area contributed by atoms with E-state index in [1.807, 2.05) is 6.07 Å². The molecule has 1 heterocycles. The fraction of sp³-hybridized carbons (Fsp3) is 0.581. The lowest BCUT2D eigenvalue weighted by molar-refractivity contribution is -0.125. The fourth-order valence-electron chi connectivity index (χ4n) is 5.35. The van der Waals surface area contributed by atoms with Crippen molar-refractivity contribution in [2.45, 2.75) is 81.0 Å². The molecule has 0 aromatic heterocycles. The number of unbranched alkanes of at least 4 members (excludes halogenated alkanes) is 3. The Morgan fingerprint density at radius 2 is 1.52 bits per heavy atom. The first-order valence-corrected chi connectivity index (χ1v) is 16.2. The predicted octanol–water partition coefficient (Wildman–Crippen LogP) is 1.68. The van der Waals surface area contributed by atoms with Crippen LogP contribution in [0.25, 0.3) is 0 Å². The topological polar surface area (TPSA) is 150 Å². The van der Waals surface area contributed by atoms with Gasteiger partial charge < -0.3 is 36.0 Å². The monoisotopic (exact) mass is 577 g/mol. The Bertz CT molecular complexity index is 1070. The summed E-state index contributed by atoms with van der Waals surface area (Å²) in [7, 11) is -0.651. The average Bonchev–Trinajstić information content (AvgIpc) is 2.95. The summed E-state index contributed by atoms with van der Waals surface area (Å²) in [4.78, 5) is 12.1. The van der Waals surface area contributed by atoms with Gasteiger partial charge in [0.1, 0.15) is 11.6 Å². The molecule has 224 valence electrons. The Balaban J connectivity index is 1.46. The number of nitrogens with one attached hydrogen (secondary N) is 1. The van der Waals surface area contributed by atoms with E-state index in [0.29, 0.717) is 18.6 Å². The summed E-state index contributed by atoms with van der Waals surface area (Å²) in [6, 6.07) is 14.9.